The zero-order valence-electron chi connectivity index (χ0n) is 12.4. The number of carbonyl (C=O) groups is 2. The van der Waals surface area contributed by atoms with Crippen LogP contribution >= 0.6 is 0 Å². The van der Waals surface area contributed by atoms with Crippen molar-refractivity contribution in [1.82, 2.24) is 0 Å². The first-order chi connectivity index (χ1) is 10.7. The third kappa shape index (κ3) is 4.13. The predicted molar refractivity (Wildman–Crippen MR) is 73.7 cm³/mol. The summed E-state index contributed by atoms with van der Waals surface area (Å²) in [4.78, 5) is 22.8. The van der Waals surface area contributed by atoms with Crippen molar-refractivity contribution in [2.24, 2.45) is 0 Å². The second-order valence-electron chi connectivity index (χ2n) is 4.35. The molecule has 0 aliphatic rings. The summed E-state index contributed by atoms with van der Waals surface area (Å²) in [5.74, 6) is -1.82. The Bertz CT molecular complexity index is 559. The fraction of sp³-hybridized carbons (Fsp3) is 0.429. The van der Waals surface area contributed by atoms with Crippen LogP contribution < -0.4 is 5.32 Å². The van der Waals surface area contributed by atoms with Crippen LogP contribution in [-0.4, -0.2) is 36.6 Å². The quantitative estimate of drug-likeness (QED) is 0.808. The third-order valence-electron chi connectivity index (χ3n) is 2.81. The molecule has 0 unspecified atom stereocenters. The molecule has 1 aromatic rings. The second-order valence-corrected chi connectivity index (χ2v) is 4.35. The van der Waals surface area contributed by atoms with Gasteiger partial charge in [0.05, 0.1) is 13.2 Å². The lowest BCUT2D eigenvalue weighted by atomic mass is 9.93. The van der Waals surface area contributed by atoms with Crippen LogP contribution in [0.1, 0.15) is 19.4 Å². The van der Waals surface area contributed by atoms with Gasteiger partial charge < -0.3 is 14.6 Å². The lowest BCUT2D eigenvalue weighted by molar-refractivity contribution is -0.267. The van der Waals surface area contributed by atoms with Crippen molar-refractivity contribution < 1.29 is 37.3 Å². The number of ether oxygens (including phenoxy) is 2. The Morgan fingerprint density at radius 1 is 1.09 bits per heavy atom. The third-order valence-corrected chi connectivity index (χ3v) is 2.81. The summed E-state index contributed by atoms with van der Waals surface area (Å²) >= 11 is 0. The molecule has 0 aromatic heterocycles. The van der Waals surface area contributed by atoms with Crippen molar-refractivity contribution in [3.8, 4) is 0 Å². The number of halogens is 3. The number of hydrogen-bond acceptors (Lipinski definition) is 5. The van der Waals surface area contributed by atoms with E-state index in [1.54, 1.807) is 6.92 Å². The van der Waals surface area contributed by atoms with Gasteiger partial charge in [0.1, 0.15) is 0 Å². The van der Waals surface area contributed by atoms with Crippen molar-refractivity contribution in [3.63, 3.8) is 0 Å². The van der Waals surface area contributed by atoms with Gasteiger partial charge in [0.15, 0.2) is 0 Å². The molecule has 0 saturated carbocycles. The van der Waals surface area contributed by atoms with E-state index < -0.39 is 29.4 Å². The number of amides is 1. The van der Waals surface area contributed by atoms with Crippen molar-refractivity contribution in [2.45, 2.75) is 25.6 Å². The monoisotopic (exact) mass is 335 g/mol. The van der Waals surface area contributed by atoms with E-state index in [-0.39, 0.29) is 18.9 Å². The minimum atomic E-state index is -5.27. The van der Waals surface area contributed by atoms with E-state index in [1.165, 1.54) is 6.92 Å². The molecule has 1 atom stereocenters. The maximum Gasteiger partial charge on any atom is 0.432 e. The molecule has 0 heterocycles. The van der Waals surface area contributed by atoms with Crippen LogP contribution in [-0.2, 0) is 19.9 Å². The Labute approximate surface area is 130 Å². The molecule has 0 aliphatic heterocycles. The van der Waals surface area contributed by atoms with E-state index in [1.807, 2.05) is 0 Å². The highest BCUT2D eigenvalue weighted by Gasteiger charge is 2.62. The molecular formula is C14H16F3NO5. The SMILES string of the molecule is CCOC(=O)Nc1ccc([C@@](O)(C(=O)OCC)C(F)(F)F)cc1. The van der Waals surface area contributed by atoms with Crippen molar-refractivity contribution in [1.29, 1.82) is 0 Å². The van der Waals surface area contributed by atoms with Gasteiger partial charge in [0.25, 0.3) is 5.60 Å². The van der Waals surface area contributed by atoms with E-state index >= 15 is 0 Å². The maximum atomic E-state index is 13.1. The van der Waals surface area contributed by atoms with Crippen molar-refractivity contribution in [2.75, 3.05) is 18.5 Å². The molecule has 0 fully saturated rings. The van der Waals surface area contributed by atoms with Crippen LogP contribution in [0, 0.1) is 0 Å². The maximum absolute atomic E-state index is 13.1. The lowest BCUT2D eigenvalue weighted by Crippen LogP contribution is -2.50. The molecule has 1 aromatic carbocycles. The molecule has 0 saturated heterocycles. The Balaban J connectivity index is 3.10. The van der Waals surface area contributed by atoms with E-state index in [4.69, 9.17) is 0 Å². The first kappa shape index (κ1) is 18.8. The van der Waals surface area contributed by atoms with Gasteiger partial charge in [0, 0.05) is 11.3 Å². The fourth-order valence-corrected chi connectivity index (χ4v) is 1.71. The molecule has 23 heavy (non-hydrogen) atoms. The zero-order chi connectivity index (χ0) is 17.7. The average Bonchev–Trinajstić information content (AvgIpc) is 2.46. The minimum Gasteiger partial charge on any atom is -0.463 e. The summed E-state index contributed by atoms with van der Waals surface area (Å²) in [6.45, 7) is 2.72. The van der Waals surface area contributed by atoms with Crippen LogP contribution in [0.25, 0.3) is 0 Å². The lowest BCUT2D eigenvalue weighted by Gasteiger charge is -2.28. The van der Waals surface area contributed by atoms with E-state index in [2.05, 4.69) is 14.8 Å². The highest BCUT2D eigenvalue weighted by molar-refractivity contribution is 5.85. The van der Waals surface area contributed by atoms with Crippen molar-refractivity contribution in [3.05, 3.63) is 29.8 Å². The van der Waals surface area contributed by atoms with Gasteiger partial charge in [0.2, 0.25) is 0 Å². The number of esters is 1. The molecule has 2 N–H and O–H groups in total. The molecule has 1 amide bonds. The van der Waals surface area contributed by atoms with Gasteiger partial charge in [-0.3, -0.25) is 5.32 Å². The smallest absolute Gasteiger partial charge is 0.432 e. The summed E-state index contributed by atoms with van der Waals surface area (Å²) in [5.41, 5.74) is -4.37. The minimum absolute atomic E-state index is 0.126. The van der Waals surface area contributed by atoms with Crippen LogP contribution in [0.15, 0.2) is 24.3 Å². The van der Waals surface area contributed by atoms with E-state index in [9.17, 15) is 27.9 Å². The molecular weight excluding hydrogens is 319 g/mol. The van der Waals surface area contributed by atoms with Crippen LogP contribution in [0.5, 0.6) is 0 Å². The highest BCUT2D eigenvalue weighted by atomic mass is 19.4. The van der Waals surface area contributed by atoms with Gasteiger partial charge in [-0.2, -0.15) is 13.2 Å². The largest absolute Gasteiger partial charge is 0.463 e. The topological polar surface area (TPSA) is 84.9 Å². The van der Waals surface area contributed by atoms with Crippen LogP contribution in [0.3, 0.4) is 0 Å². The molecule has 0 bridgehead atoms. The first-order valence-corrected chi connectivity index (χ1v) is 6.67. The van der Waals surface area contributed by atoms with Gasteiger partial charge >= 0.3 is 18.2 Å². The van der Waals surface area contributed by atoms with Crippen molar-refractivity contribution >= 4 is 17.7 Å². The summed E-state index contributed by atoms with van der Waals surface area (Å²) in [6, 6.07) is 3.93. The number of anilines is 1. The number of alkyl halides is 3. The van der Waals surface area contributed by atoms with E-state index in [0.717, 1.165) is 24.3 Å². The fourth-order valence-electron chi connectivity index (χ4n) is 1.71. The molecule has 6 nitrogen and oxygen atoms in total. The average molecular weight is 335 g/mol. The molecule has 128 valence electrons. The summed E-state index contributed by atoms with van der Waals surface area (Å²) < 4.78 is 48.3. The van der Waals surface area contributed by atoms with Gasteiger partial charge in [-0.1, -0.05) is 12.1 Å². The molecule has 0 radical (unpaired) electrons. The van der Waals surface area contributed by atoms with Gasteiger partial charge in [-0.05, 0) is 26.0 Å². The Hall–Kier alpha value is -2.29. The summed E-state index contributed by atoms with van der Waals surface area (Å²) in [7, 11) is 0. The van der Waals surface area contributed by atoms with Gasteiger partial charge in [-0.25, -0.2) is 9.59 Å². The number of aliphatic hydroxyl groups is 1. The number of nitrogens with one attached hydrogen (secondary N) is 1. The first-order valence-electron chi connectivity index (χ1n) is 6.67. The molecule has 0 spiro atoms. The van der Waals surface area contributed by atoms with Gasteiger partial charge in [-0.15, -0.1) is 0 Å². The number of benzene rings is 1. The Morgan fingerprint density at radius 3 is 2.04 bits per heavy atom. The van der Waals surface area contributed by atoms with Crippen LogP contribution in [0.4, 0.5) is 23.7 Å². The molecule has 0 aliphatic carbocycles. The number of hydrogen-bond donors (Lipinski definition) is 2. The predicted octanol–water partition coefficient (Wildman–Crippen LogP) is 2.57. The molecule has 1 rings (SSSR count). The normalized spacial score (nSPS) is 13.8. The summed E-state index contributed by atoms with van der Waals surface area (Å²) in [6.07, 6.45) is -6.05. The standard InChI is InChI=1S/C14H16F3NO5/c1-3-22-11(19)13(21,14(15,16)17)9-5-7-10(8-6-9)18-12(20)23-4-2/h5-8,21H,3-4H2,1-2H3,(H,18,20)/t13-/m1/s1. The molecule has 9 heteroatoms. The zero-order valence-corrected chi connectivity index (χ0v) is 12.4. The van der Waals surface area contributed by atoms with E-state index in [0.29, 0.717) is 0 Å². The Kier molecular flexibility index (Phi) is 5.97. The second kappa shape index (κ2) is 7.32. The highest BCUT2D eigenvalue weighted by Crippen LogP contribution is 2.40. The number of rotatable bonds is 5. The van der Waals surface area contributed by atoms with Crippen LogP contribution in [0.2, 0.25) is 0 Å². The Morgan fingerprint density at radius 2 is 1.61 bits per heavy atom. The number of carbonyl (C=O) groups excluding carboxylic acids is 2. The summed E-state index contributed by atoms with van der Waals surface area (Å²) in [5, 5.41) is 12.1.